The van der Waals surface area contributed by atoms with E-state index in [9.17, 15) is 19.2 Å². The first-order valence-electron chi connectivity index (χ1n) is 7.86. The van der Waals surface area contributed by atoms with Crippen LogP contribution in [0.1, 0.15) is 40.0 Å². The molecule has 0 aromatic rings. The Bertz CT molecular complexity index is 464. The fourth-order valence-corrected chi connectivity index (χ4v) is 2.28. The lowest BCUT2D eigenvalue weighted by Crippen LogP contribution is -2.52. The molecule has 8 heteroatoms. The average molecular weight is 327 g/mol. The number of esters is 1. The number of hydrogen-bond acceptors (Lipinski definition) is 5. The molecule has 1 saturated heterocycles. The predicted octanol–water partition coefficient (Wildman–Crippen LogP) is -0.525. The Morgan fingerprint density at radius 1 is 1.35 bits per heavy atom. The van der Waals surface area contributed by atoms with Crippen LogP contribution in [0, 0.1) is 5.92 Å². The van der Waals surface area contributed by atoms with E-state index in [-0.39, 0.29) is 30.9 Å². The minimum Gasteiger partial charge on any atom is -0.465 e. The molecule has 2 atom stereocenters. The summed E-state index contributed by atoms with van der Waals surface area (Å²) in [6, 6.07) is -1.36. The van der Waals surface area contributed by atoms with Gasteiger partial charge >= 0.3 is 5.97 Å². The zero-order chi connectivity index (χ0) is 17.4. The van der Waals surface area contributed by atoms with Crippen LogP contribution in [0.3, 0.4) is 0 Å². The van der Waals surface area contributed by atoms with Crippen LogP contribution in [0.25, 0.3) is 0 Å². The highest BCUT2D eigenvalue weighted by Crippen LogP contribution is 2.09. The molecule has 130 valence electrons. The summed E-state index contributed by atoms with van der Waals surface area (Å²) in [4.78, 5) is 46.8. The normalized spacial score (nSPS) is 18.3. The highest BCUT2D eigenvalue weighted by Gasteiger charge is 2.30. The van der Waals surface area contributed by atoms with Crippen LogP contribution in [0.5, 0.6) is 0 Å². The number of nitrogens with one attached hydrogen (secondary N) is 3. The van der Waals surface area contributed by atoms with E-state index in [0.717, 1.165) is 0 Å². The van der Waals surface area contributed by atoms with Crippen LogP contribution < -0.4 is 16.0 Å². The van der Waals surface area contributed by atoms with Crippen molar-refractivity contribution in [3.8, 4) is 0 Å². The van der Waals surface area contributed by atoms with Crippen molar-refractivity contribution in [3.05, 3.63) is 0 Å². The molecule has 1 aliphatic rings. The van der Waals surface area contributed by atoms with E-state index in [4.69, 9.17) is 4.74 Å². The van der Waals surface area contributed by atoms with Crippen molar-refractivity contribution in [3.63, 3.8) is 0 Å². The molecule has 0 saturated carbocycles. The second-order valence-corrected chi connectivity index (χ2v) is 5.87. The first-order valence-corrected chi connectivity index (χ1v) is 7.86. The Kier molecular flexibility index (Phi) is 7.50. The molecule has 1 aliphatic heterocycles. The summed E-state index contributed by atoms with van der Waals surface area (Å²) in [7, 11) is 0. The monoisotopic (exact) mass is 327 g/mol. The highest BCUT2D eigenvalue weighted by molar-refractivity contribution is 5.94. The number of rotatable bonds is 8. The third kappa shape index (κ3) is 6.66. The first-order chi connectivity index (χ1) is 10.8. The van der Waals surface area contributed by atoms with Crippen LogP contribution in [0.4, 0.5) is 0 Å². The second-order valence-electron chi connectivity index (χ2n) is 5.87. The molecule has 2 unspecified atom stereocenters. The summed E-state index contributed by atoms with van der Waals surface area (Å²) in [5.41, 5.74) is 0. The molecule has 0 radical (unpaired) electrons. The molecule has 1 fully saturated rings. The molecule has 0 spiro atoms. The zero-order valence-electron chi connectivity index (χ0n) is 13.8. The Morgan fingerprint density at radius 2 is 2.04 bits per heavy atom. The van der Waals surface area contributed by atoms with E-state index < -0.39 is 24.0 Å². The SMILES string of the molecule is CCOC(=O)CNC(=O)C(CC(C)C)NC(=O)C1CCC(=O)N1. The molecular weight excluding hydrogens is 302 g/mol. The molecule has 1 heterocycles. The Hall–Kier alpha value is -2.12. The molecule has 0 bridgehead atoms. The van der Waals surface area contributed by atoms with Gasteiger partial charge in [0.15, 0.2) is 0 Å². The molecule has 0 aromatic heterocycles. The molecule has 1 rings (SSSR count). The lowest BCUT2D eigenvalue weighted by Gasteiger charge is -2.21. The van der Waals surface area contributed by atoms with Gasteiger partial charge in [-0.05, 0) is 25.7 Å². The Morgan fingerprint density at radius 3 is 2.57 bits per heavy atom. The van der Waals surface area contributed by atoms with Crippen LogP contribution in [-0.2, 0) is 23.9 Å². The van der Waals surface area contributed by atoms with Crippen LogP contribution in [-0.4, -0.2) is 48.9 Å². The van der Waals surface area contributed by atoms with Gasteiger partial charge in [0, 0.05) is 6.42 Å². The maximum atomic E-state index is 12.2. The number of carbonyl (C=O) groups is 4. The maximum Gasteiger partial charge on any atom is 0.325 e. The smallest absolute Gasteiger partial charge is 0.325 e. The topological polar surface area (TPSA) is 114 Å². The van der Waals surface area contributed by atoms with Crippen molar-refractivity contribution in [1.82, 2.24) is 16.0 Å². The molecule has 0 aliphatic carbocycles. The lowest BCUT2D eigenvalue weighted by molar-refractivity contribution is -0.143. The van der Waals surface area contributed by atoms with Gasteiger partial charge < -0.3 is 20.7 Å². The third-order valence-corrected chi connectivity index (χ3v) is 3.36. The van der Waals surface area contributed by atoms with E-state index in [1.54, 1.807) is 6.92 Å². The Labute approximate surface area is 135 Å². The minimum absolute atomic E-state index is 0.169. The van der Waals surface area contributed by atoms with Gasteiger partial charge in [0.25, 0.3) is 0 Å². The van der Waals surface area contributed by atoms with Crippen LogP contribution in [0.2, 0.25) is 0 Å². The molecule has 23 heavy (non-hydrogen) atoms. The van der Waals surface area contributed by atoms with Crippen molar-refractivity contribution in [2.24, 2.45) is 5.92 Å². The van der Waals surface area contributed by atoms with Gasteiger partial charge in [-0.1, -0.05) is 13.8 Å². The van der Waals surface area contributed by atoms with Gasteiger partial charge in [0.2, 0.25) is 17.7 Å². The molecule has 3 N–H and O–H groups in total. The standard InChI is InChI=1S/C15H25N3O5/c1-4-23-13(20)8-16-14(21)11(7-9(2)3)18-15(22)10-5-6-12(19)17-10/h9-11H,4-8H2,1-3H3,(H,16,21)(H,17,19)(H,18,22). The minimum atomic E-state index is -0.755. The highest BCUT2D eigenvalue weighted by atomic mass is 16.5. The number of hydrogen-bond donors (Lipinski definition) is 3. The van der Waals surface area contributed by atoms with E-state index in [0.29, 0.717) is 19.3 Å². The van der Waals surface area contributed by atoms with Crippen molar-refractivity contribution >= 4 is 23.7 Å². The summed E-state index contributed by atoms with van der Waals surface area (Å²) in [6.07, 6.45) is 1.16. The van der Waals surface area contributed by atoms with E-state index in [1.807, 2.05) is 13.8 Å². The lowest BCUT2D eigenvalue weighted by atomic mass is 10.0. The molecular formula is C15H25N3O5. The average Bonchev–Trinajstić information content (AvgIpc) is 2.90. The quantitative estimate of drug-likeness (QED) is 0.519. The van der Waals surface area contributed by atoms with Crippen molar-refractivity contribution in [2.45, 2.75) is 52.1 Å². The van der Waals surface area contributed by atoms with Gasteiger partial charge in [-0.15, -0.1) is 0 Å². The zero-order valence-corrected chi connectivity index (χ0v) is 13.8. The molecule has 0 aromatic carbocycles. The molecule has 8 nitrogen and oxygen atoms in total. The number of ether oxygens (including phenoxy) is 1. The fourth-order valence-electron chi connectivity index (χ4n) is 2.28. The van der Waals surface area contributed by atoms with E-state index >= 15 is 0 Å². The van der Waals surface area contributed by atoms with Gasteiger partial charge in [0.05, 0.1) is 6.61 Å². The van der Waals surface area contributed by atoms with Crippen LogP contribution in [0.15, 0.2) is 0 Å². The van der Waals surface area contributed by atoms with Crippen molar-refractivity contribution in [1.29, 1.82) is 0 Å². The fraction of sp³-hybridized carbons (Fsp3) is 0.733. The van der Waals surface area contributed by atoms with Gasteiger partial charge in [-0.25, -0.2) is 0 Å². The second kappa shape index (κ2) is 9.12. The largest absolute Gasteiger partial charge is 0.465 e. The van der Waals surface area contributed by atoms with E-state index in [1.165, 1.54) is 0 Å². The van der Waals surface area contributed by atoms with Crippen LogP contribution >= 0.6 is 0 Å². The number of carbonyl (C=O) groups excluding carboxylic acids is 4. The van der Waals surface area contributed by atoms with Gasteiger partial charge in [-0.3, -0.25) is 19.2 Å². The molecule has 3 amide bonds. The van der Waals surface area contributed by atoms with Gasteiger partial charge in [-0.2, -0.15) is 0 Å². The van der Waals surface area contributed by atoms with Crippen molar-refractivity contribution in [2.75, 3.05) is 13.2 Å². The van der Waals surface area contributed by atoms with E-state index in [2.05, 4.69) is 16.0 Å². The summed E-state index contributed by atoms with van der Waals surface area (Å²) < 4.78 is 4.74. The van der Waals surface area contributed by atoms with Crippen molar-refractivity contribution < 1.29 is 23.9 Å². The Balaban J connectivity index is 2.57. The third-order valence-electron chi connectivity index (χ3n) is 3.36. The summed E-state index contributed by atoms with van der Waals surface area (Å²) in [6.45, 7) is 5.53. The first kappa shape index (κ1) is 18.9. The predicted molar refractivity (Wildman–Crippen MR) is 82.2 cm³/mol. The summed E-state index contributed by atoms with van der Waals surface area (Å²) >= 11 is 0. The van der Waals surface area contributed by atoms with Gasteiger partial charge in [0.1, 0.15) is 18.6 Å². The summed E-state index contributed by atoms with van der Waals surface area (Å²) in [5, 5.41) is 7.67. The summed E-state index contributed by atoms with van der Waals surface area (Å²) in [5.74, 6) is -1.35. The maximum absolute atomic E-state index is 12.2. The number of amides is 3.